The van der Waals surface area contributed by atoms with E-state index in [4.69, 9.17) is 4.98 Å². The first-order valence-corrected chi connectivity index (χ1v) is 10.9. The first-order valence-electron chi connectivity index (χ1n) is 10.9. The van der Waals surface area contributed by atoms with Crippen LogP contribution in [0.25, 0.3) is 33.3 Å². The van der Waals surface area contributed by atoms with Crippen molar-refractivity contribution in [1.82, 2.24) is 14.1 Å². The Labute approximate surface area is 178 Å². The van der Waals surface area contributed by atoms with Crippen LogP contribution in [0.15, 0.2) is 58.1 Å². The number of fused-ring (bicyclic) bond motifs is 2. The van der Waals surface area contributed by atoms with Crippen LogP contribution in [0.2, 0.25) is 0 Å². The number of halogens is 1. The van der Waals surface area contributed by atoms with E-state index >= 15 is 0 Å². The standard InChI is InChI=1S/C25H24FN3O2/c1-28-20-15-9-7-13-18(20)22(30)21-24(28)27-23(17-12-6-8-14-19(17)26)29(25(21)31)16-10-4-2-3-5-11-16/h6-9,12-16H,2-5,10-11H2,1H3. The number of hydrogen-bond donors (Lipinski definition) is 0. The summed E-state index contributed by atoms with van der Waals surface area (Å²) in [7, 11) is 1.79. The third-order valence-corrected chi connectivity index (χ3v) is 6.46. The van der Waals surface area contributed by atoms with E-state index in [1.807, 2.05) is 12.1 Å². The maximum atomic E-state index is 14.8. The number of nitrogens with zero attached hydrogens (tertiary/aromatic N) is 3. The molecule has 0 radical (unpaired) electrons. The maximum Gasteiger partial charge on any atom is 0.267 e. The summed E-state index contributed by atoms with van der Waals surface area (Å²) in [5.41, 5.74) is 0.576. The molecule has 1 aliphatic rings. The van der Waals surface area contributed by atoms with Gasteiger partial charge in [-0.1, -0.05) is 49.9 Å². The van der Waals surface area contributed by atoms with E-state index in [-0.39, 0.29) is 33.6 Å². The van der Waals surface area contributed by atoms with Crippen molar-refractivity contribution in [2.24, 2.45) is 7.05 Å². The Bertz CT molecular complexity index is 1410. The molecular weight excluding hydrogens is 393 g/mol. The second-order valence-corrected chi connectivity index (χ2v) is 8.34. The molecule has 5 nitrogen and oxygen atoms in total. The predicted molar refractivity (Wildman–Crippen MR) is 121 cm³/mol. The summed E-state index contributed by atoms with van der Waals surface area (Å²) < 4.78 is 18.2. The van der Waals surface area contributed by atoms with Gasteiger partial charge in [-0.15, -0.1) is 0 Å². The lowest BCUT2D eigenvalue weighted by Gasteiger charge is -2.23. The van der Waals surface area contributed by atoms with Crippen LogP contribution >= 0.6 is 0 Å². The van der Waals surface area contributed by atoms with Gasteiger partial charge in [0.05, 0.1) is 11.1 Å². The molecule has 0 unspecified atom stereocenters. The second kappa shape index (κ2) is 7.76. The van der Waals surface area contributed by atoms with Crippen molar-refractivity contribution in [3.05, 3.63) is 74.9 Å². The fraction of sp³-hybridized carbons (Fsp3) is 0.320. The van der Waals surface area contributed by atoms with Gasteiger partial charge < -0.3 is 4.57 Å². The lowest BCUT2D eigenvalue weighted by Crippen LogP contribution is -2.32. The van der Waals surface area contributed by atoms with Crippen molar-refractivity contribution in [2.75, 3.05) is 0 Å². The number of rotatable bonds is 2. The van der Waals surface area contributed by atoms with E-state index in [1.54, 1.807) is 46.5 Å². The largest absolute Gasteiger partial charge is 0.328 e. The fourth-order valence-electron chi connectivity index (χ4n) is 4.86. The normalized spacial score (nSPS) is 15.4. The molecule has 4 aromatic rings. The number of hydrogen-bond acceptors (Lipinski definition) is 3. The Morgan fingerprint density at radius 3 is 2.35 bits per heavy atom. The lowest BCUT2D eigenvalue weighted by atomic mass is 10.1. The van der Waals surface area contributed by atoms with Gasteiger partial charge >= 0.3 is 0 Å². The average Bonchev–Trinajstić information content (AvgIpc) is 3.06. The highest BCUT2D eigenvalue weighted by Gasteiger charge is 2.25. The van der Waals surface area contributed by atoms with Crippen LogP contribution in [-0.2, 0) is 7.05 Å². The van der Waals surface area contributed by atoms with Crippen molar-refractivity contribution in [3.63, 3.8) is 0 Å². The molecule has 31 heavy (non-hydrogen) atoms. The zero-order chi connectivity index (χ0) is 21.5. The first kappa shape index (κ1) is 19.7. The molecule has 1 fully saturated rings. The minimum absolute atomic E-state index is 0.0746. The van der Waals surface area contributed by atoms with Crippen molar-refractivity contribution in [3.8, 4) is 11.4 Å². The minimum atomic E-state index is -0.429. The fourth-order valence-corrected chi connectivity index (χ4v) is 4.86. The summed E-state index contributed by atoms with van der Waals surface area (Å²) in [6, 6.07) is 13.5. The molecule has 0 spiro atoms. The molecule has 2 aromatic heterocycles. The molecule has 5 rings (SSSR count). The first-order chi connectivity index (χ1) is 15.1. The van der Waals surface area contributed by atoms with Crippen LogP contribution in [0.4, 0.5) is 4.39 Å². The molecule has 0 saturated heterocycles. The molecule has 0 atom stereocenters. The summed E-state index contributed by atoms with van der Waals surface area (Å²) >= 11 is 0. The number of pyridine rings is 1. The van der Waals surface area contributed by atoms with E-state index in [1.165, 1.54) is 6.07 Å². The number of aryl methyl sites for hydroxylation is 1. The van der Waals surface area contributed by atoms with Gasteiger partial charge in [0.1, 0.15) is 17.0 Å². The van der Waals surface area contributed by atoms with Gasteiger partial charge in [-0.05, 0) is 37.1 Å². The number of para-hydroxylation sites is 1. The summed E-state index contributed by atoms with van der Waals surface area (Å²) in [5.74, 6) is -0.130. The monoisotopic (exact) mass is 417 g/mol. The van der Waals surface area contributed by atoms with E-state index < -0.39 is 5.82 Å². The quantitative estimate of drug-likeness (QED) is 0.343. The van der Waals surface area contributed by atoms with Crippen molar-refractivity contribution >= 4 is 21.9 Å². The highest BCUT2D eigenvalue weighted by atomic mass is 19.1. The topological polar surface area (TPSA) is 56.9 Å². The van der Waals surface area contributed by atoms with Gasteiger partial charge in [0.25, 0.3) is 5.56 Å². The van der Waals surface area contributed by atoms with Crippen LogP contribution in [0, 0.1) is 5.82 Å². The van der Waals surface area contributed by atoms with Gasteiger partial charge in [0, 0.05) is 18.5 Å². The number of benzene rings is 2. The van der Waals surface area contributed by atoms with Gasteiger partial charge in [0.2, 0.25) is 5.43 Å². The van der Waals surface area contributed by atoms with Gasteiger partial charge in [-0.25, -0.2) is 9.37 Å². The van der Waals surface area contributed by atoms with Crippen LogP contribution in [0.3, 0.4) is 0 Å². The Morgan fingerprint density at radius 2 is 1.61 bits per heavy atom. The predicted octanol–water partition coefficient (Wildman–Crippen LogP) is 4.95. The minimum Gasteiger partial charge on any atom is -0.328 e. The molecule has 1 aliphatic carbocycles. The summed E-state index contributed by atoms with van der Waals surface area (Å²) in [6.45, 7) is 0. The Kier molecular flexibility index (Phi) is 4.93. The third-order valence-electron chi connectivity index (χ3n) is 6.46. The molecule has 2 heterocycles. The van der Waals surface area contributed by atoms with E-state index in [9.17, 15) is 14.0 Å². The van der Waals surface area contributed by atoms with Gasteiger partial charge in [-0.2, -0.15) is 0 Å². The Morgan fingerprint density at radius 1 is 0.935 bits per heavy atom. The van der Waals surface area contributed by atoms with Gasteiger partial charge in [0.15, 0.2) is 5.65 Å². The molecule has 0 N–H and O–H groups in total. The average molecular weight is 417 g/mol. The zero-order valence-electron chi connectivity index (χ0n) is 17.5. The van der Waals surface area contributed by atoms with Crippen molar-refractivity contribution in [1.29, 1.82) is 0 Å². The zero-order valence-corrected chi connectivity index (χ0v) is 17.5. The van der Waals surface area contributed by atoms with E-state index in [2.05, 4.69) is 0 Å². The Balaban J connectivity index is 1.94. The highest BCUT2D eigenvalue weighted by molar-refractivity contribution is 5.91. The molecule has 0 aliphatic heterocycles. The summed E-state index contributed by atoms with van der Waals surface area (Å²) in [6.07, 6.45) is 5.88. The molecular formula is C25H24FN3O2. The van der Waals surface area contributed by atoms with Gasteiger partial charge in [-0.3, -0.25) is 14.2 Å². The maximum absolute atomic E-state index is 14.8. The Hall–Kier alpha value is -3.28. The summed E-state index contributed by atoms with van der Waals surface area (Å²) in [4.78, 5) is 32.0. The smallest absolute Gasteiger partial charge is 0.267 e. The SMILES string of the molecule is Cn1c2ccccc2c(=O)c2c(=O)n(C3CCCCCC3)c(-c3ccccc3F)nc21. The van der Waals surface area contributed by atoms with Crippen LogP contribution in [-0.4, -0.2) is 14.1 Å². The van der Waals surface area contributed by atoms with Crippen LogP contribution < -0.4 is 11.0 Å². The molecule has 0 bridgehead atoms. The lowest BCUT2D eigenvalue weighted by molar-refractivity contribution is 0.433. The van der Waals surface area contributed by atoms with Crippen molar-refractivity contribution in [2.45, 2.75) is 44.6 Å². The molecule has 1 saturated carbocycles. The van der Waals surface area contributed by atoms with E-state index in [0.717, 1.165) is 38.5 Å². The third kappa shape index (κ3) is 3.17. The second-order valence-electron chi connectivity index (χ2n) is 8.34. The van der Waals surface area contributed by atoms with Crippen LogP contribution in [0.5, 0.6) is 0 Å². The molecule has 6 heteroatoms. The molecule has 158 valence electrons. The summed E-state index contributed by atoms with van der Waals surface area (Å²) in [5, 5.41) is 0.563. The molecule has 0 amide bonds. The highest BCUT2D eigenvalue weighted by Crippen LogP contribution is 2.31. The number of aromatic nitrogens is 3. The van der Waals surface area contributed by atoms with Crippen molar-refractivity contribution < 1.29 is 4.39 Å². The van der Waals surface area contributed by atoms with Crippen LogP contribution in [0.1, 0.15) is 44.6 Å². The van der Waals surface area contributed by atoms with E-state index in [0.29, 0.717) is 16.7 Å². The molecule has 2 aromatic carbocycles.